The van der Waals surface area contributed by atoms with E-state index in [2.05, 4.69) is 15.4 Å². The summed E-state index contributed by atoms with van der Waals surface area (Å²) in [5.41, 5.74) is 0. The van der Waals surface area contributed by atoms with E-state index in [1.807, 2.05) is 0 Å². The Labute approximate surface area is 81.6 Å². The molecule has 0 atom stereocenters. The van der Waals surface area contributed by atoms with E-state index in [1.165, 1.54) is 18.9 Å². The van der Waals surface area contributed by atoms with E-state index in [4.69, 9.17) is 0 Å². The largest absolute Gasteiger partial charge is 0.453 e. The van der Waals surface area contributed by atoms with E-state index < -0.39 is 6.09 Å². The molecule has 0 rings (SSSR count). The summed E-state index contributed by atoms with van der Waals surface area (Å²) in [6.45, 7) is 0.508. The van der Waals surface area contributed by atoms with Crippen LogP contribution in [0, 0.1) is 0 Å². The van der Waals surface area contributed by atoms with Crippen LogP contribution in [0.3, 0.4) is 0 Å². The van der Waals surface area contributed by atoms with Gasteiger partial charge in [-0.1, -0.05) is 0 Å². The fraction of sp³-hybridized carbons (Fsp3) is 0.714. The Morgan fingerprint density at radius 1 is 1.46 bits per heavy atom. The SMILES string of the molecule is CNC(=O)CSCCNC(=O)OC. The molecular formula is C7H14N2O3S. The molecule has 13 heavy (non-hydrogen) atoms. The second-order valence-corrected chi connectivity index (χ2v) is 3.25. The molecule has 2 amide bonds. The number of amides is 2. The molecule has 0 aromatic heterocycles. The number of nitrogens with one attached hydrogen (secondary N) is 2. The number of carbonyl (C=O) groups is 2. The van der Waals surface area contributed by atoms with Crippen molar-refractivity contribution in [3.8, 4) is 0 Å². The first kappa shape index (κ1) is 12.1. The van der Waals surface area contributed by atoms with Crippen molar-refractivity contribution in [1.29, 1.82) is 0 Å². The second kappa shape index (κ2) is 7.72. The zero-order chi connectivity index (χ0) is 10.1. The van der Waals surface area contributed by atoms with Gasteiger partial charge in [0.2, 0.25) is 5.91 Å². The monoisotopic (exact) mass is 206 g/mol. The first-order chi connectivity index (χ1) is 6.20. The first-order valence-electron chi connectivity index (χ1n) is 3.81. The van der Waals surface area contributed by atoms with Crippen LogP contribution < -0.4 is 10.6 Å². The van der Waals surface area contributed by atoms with Crippen LogP contribution in [0.15, 0.2) is 0 Å². The molecule has 0 aliphatic heterocycles. The summed E-state index contributed by atoms with van der Waals surface area (Å²) < 4.78 is 4.36. The highest BCUT2D eigenvalue weighted by molar-refractivity contribution is 7.99. The number of carbonyl (C=O) groups excluding carboxylic acids is 2. The van der Waals surface area contributed by atoms with Gasteiger partial charge in [0.25, 0.3) is 0 Å². The van der Waals surface area contributed by atoms with Crippen molar-refractivity contribution < 1.29 is 14.3 Å². The lowest BCUT2D eigenvalue weighted by Crippen LogP contribution is -2.26. The van der Waals surface area contributed by atoms with Crippen LogP contribution >= 0.6 is 11.8 Å². The van der Waals surface area contributed by atoms with E-state index in [0.29, 0.717) is 18.1 Å². The van der Waals surface area contributed by atoms with Gasteiger partial charge >= 0.3 is 6.09 Å². The van der Waals surface area contributed by atoms with Crippen LogP contribution in [-0.2, 0) is 9.53 Å². The fourth-order valence-corrected chi connectivity index (χ4v) is 1.25. The molecule has 0 heterocycles. The molecular weight excluding hydrogens is 192 g/mol. The third-order valence-corrected chi connectivity index (χ3v) is 2.17. The van der Waals surface area contributed by atoms with E-state index in [1.54, 1.807) is 7.05 Å². The van der Waals surface area contributed by atoms with Crippen LogP contribution in [-0.4, -0.2) is 44.2 Å². The van der Waals surface area contributed by atoms with Gasteiger partial charge in [-0.3, -0.25) is 4.79 Å². The maximum absolute atomic E-state index is 10.7. The summed E-state index contributed by atoms with van der Waals surface area (Å²) in [5, 5.41) is 5.01. The number of methoxy groups -OCH3 is 1. The smallest absolute Gasteiger partial charge is 0.406 e. The minimum absolute atomic E-state index is 0.0110. The number of alkyl carbamates (subject to hydrolysis) is 1. The second-order valence-electron chi connectivity index (χ2n) is 2.14. The van der Waals surface area contributed by atoms with E-state index in [0.717, 1.165) is 0 Å². The lowest BCUT2D eigenvalue weighted by atomic mass is 10.7. The van der Waals surface area contributed by atoms with Crippen molar-refractivity contribution in [2.75, 3.05) is 32.2 Å². The Morgan fingerprint density at radius 3 is 2.69 bits per heavy atom. The molecule has 0 aromatic carbocycles. The number of hydrogen-bond donors (Lipinski definition) is 2. The van der Waals surface area contributed by atoms with Gasteiger partial charge in [-0.2, -0.15) is 11.8 Å². The molecule has 0 aliphatic carbocycles. The zero-order valence-electron chi connectivity index (χ0n) is 7.75. The van der Waals surface area contributed by atoms with Crippen LogP contribution in [0.4, 0.5) is 4.79 Å². The number of hydrogen-bond acceptors (Lipinski definition) is 4. The molecule has 0 bridgehead atoms. The molecule has 5 nitrogen and oxygen atoms in total. The van der Waals surface area contributed by atoms with Gasteiger partial charge in [0.05, 0.1) is 12.9 Å². The highest BCUT2D eigenvalue weighted by atomic mass is 32.2. The molecule has 0 fully saturated rings. The Kier molecular flexibility index (Phi) is 7.18. The van der Waals surface area contributed by atoms with Crippen molar-refractivity contribution in [3.05, 3.63) is 0 Å². The average molecular weight is 206 g/mol. The Balaban J connectivity index is 3.17. The lowest BCUT2D eigenvalue weighted by molar-refractivity contribution is -0.118. The molecule has 76 valence electrons. The molecule has 0 unspecified atom stereocenters. The molecule has 0 aliphatic rings. The summed E-state index contributed by atoms with van der Waals surface area (Å²) >= 11 is 1.46. The minimum atomic E-state index is -0.444. The molecule has 2 N–H and O–H groups in total. The summed E-state index contributed by atoms with van der Waals surface area (Å²) in [5.74, 6) is 1.10. The zero-order valence-corrected chi connectivity index (χ0v) is 8.57. The summed E-state index contributed by atoms with van der Waals surface area (Å²) in [4.78, 5) is 21.3. The molecule has 0 saturated carbocycles. The maximum atomic E-state index is 10.7. The highest BCUT2D eigenvalue weighted by Crippen LogP contribution is 1.96. The van der Waals surface area contributed by atoms with Crippen molar-refractivity contribution in [3.63, 3.8) is 0 Å². The molecule has 0 aromatic rings. The van der Waals surface area contributed by atoms with Crippen molar-refractivity contribution in [1.82, 2.24) is 10.6 Å². The van der Waals surface area contributed by atoms with Crippen LogP contribution in [0.5, 0.6) is 0 Å². The molecule has 0 saturated heterocycles. The van der Waals surface area contributed by atoms with E-state index in [9.17, 15) is 9.59 Å². The van der Waals surface area contributed by atoms with Gasteiger partial charge in [0.1, 0.15) is 0 Å². The van der Waals surface area contributed by atoms with Gasteiger partial charge in [-0.25, -0.2) is 4.79 Å². The predicted octanol–water partition coefficient (Wildman–Crippen LogP) is -0.178. The van der Waals surface area contributed by atoms with E-state index in [-0.39, 0.29) is 5.91 Å². The van der Waals surface area contributed by atoms with Gasteiger partial charge in [0.15, 0.2) is 0 Å². The molecule has 0 spiro atoms. The summed E-state index contributed by atoms with van der Waals surface area (Å²) in [6.07, 6.45) is -0.444. The molecule has 6 heteroatoms. The van der Waals surface area contributed by atoms with Gasteiger partial charge < -0.3 is 15.4 Å². The minimum Gasteiger partial charge on any atom is -0.453 e. The van der Waals surface area contributed by atoms with E-state index >= 15 is 0 Å². The van der Waals surface area contributed by atoms with Crippen molar-refractivity contribution in [2.45, 2.75) is 0 Å². The normalized spacial score (nSPS) is 9.08. The number of ether oxygens (including phenoxy) is 1. The van der Waals surface area contributed by atoms with Gasteiger partial charge in [-0.15, -0.1) is 0 Å². The number of thioether (sulfide) groups is 1. The Hall–Kier alpha value is -0.910. The Bertz CT molecular complexity index is 157. The summed E-state index contributed by atoms with van der Waals surface area (Å²) in [6, 6.07) is 0. The van der Waals surface area contributed by atoms with Gasteiger partial charge in [0, 0.05) is 19.3 Å². The van der Waals surface area contributed by atoms with Crippen molar-refractivity contribution >= 4 is 23.8 Å². The van der Waals surface area contributed by atoms with Crippen LogP contribution in [0.2, 0.25) is 0 Å². The quantitative estimate of drug-likeness (QED) is 0.612. The fourth-order valence-electron chi connectivity index (χ4n) is 0.534. The topological polar surface area (TPSA) is 67.4 Å². The average Bonchev–Trinajstić information content (AvgIpc) is 2.16. The van der Waals surface area contributed by atoms with Gasteiger partial charge in [-0.05, 0) is 0 Å². The lowest BCUT2D eigenvalue weighted by Gasteiger charge is -2.02. The predicted molar refractivity (Wildman–Crippen MR) is 51.8 cm³/mol. The molecule has 0 radical (unpaired) electrons. The van der Waals surface area contributed by atoms with Crippen LogP contribution in [0.1, 0.15) is 0 Å². The van der Waals surface area contributed by atoms with Crippen molar-refractivity contribution in [2.24, 2.45) is 0 Å². The summed E-state index contributed by atoms with van der Waals surface area (Å²) in [7, 11) is 2.91. The highest BCUT2D eigenvalue weighted by Gasteiger charge is 1.99. The third kappa shape index (κ3) is 7.45. The van der Waals surface area contributed by atoms with Crippen LogP contribution in [0.25, 0.3) is 0 Å². The number of rotatable bonds is 5. The first-order valence-corrected chi connectivity index (χ1v) is 4.96. The maximum Gasteiger partial charge on any atom is 0.406 e. The third-order valence-electron chi connectivity index (χ3n) is 1.21. The Morgan fingerprint density at radius 2 is 2.15 bits per heavy atom. The standard InChI is InChI=1S/C7H14N2O3S/c1-8-6(10)5-13-4-3-9-7(11)12-2/h3-5H2,1-2H3,(H,8,10)(H,9,11).